The Bertz CT molecular complexity index is 367. The molecule has 90 valence electrons. The van der Waals surface area contributed by atoms with Crippen molar-refractivity contribution in [2.24, 2.45) is 0 Å². The van der Waals surface area contributed by atoms with Gasteiger partial charge in [-0.05, 0) is 36.5 Å². The number of ether oxygens (including phenoxy) is 1. The van der Waals surface area contributed by atoms with E-state index in [0.29, 0.717) is 5.75 Å². The molecule has 0 aromatic heterocycles. The molecule has 0 fully saturated rings. The maximum atomic E-state index is 10.0. The van der Waals surface area contributed by atoms with Crippen LogP contribution < -0.4 is 4.74 Å². The second-order valence-corrected chi connectivity index (χ2v) is 4.97. The van der Waals surface area contributed by atoms with Crippen LogP contribution in [-0.2, 0) is 5.41 Å². The molecule has 0 atom stereocenters. The van der Waals surface area contributed by atoms with Gasteiger partial charge in [0.1, 0.15) is 11.5 Å². The first-order valence-corrected chi connectivity index (χ1v) is 5.80. The molecule has 0 radical (unpaired) electrons. The zero-order chi connectivity index (χ0) is 12.3. The molecule has 2 heteroatoms. The Morgan fingerprint density at radius 1 is 1.31 bits per heavy atom. The average molecular weight is 222 g/mol. The molecule has 0 amide bonds. The van der Waals surface area contributed by atoms with Crippen LogP contribution in [-0.4, -0.2) is 12.2 Å². The fraction of sp³-hybridized carbons (Fsp3) is 0.571. The fourth-order valence-corrected chi connectivity index (χ4v) is 2.19. The molecule has 0 bridgehead atoms. The Morgan fingerprint density at radius 2 is 1.94 bits per heavy atom. The minimum absolute atomic E-state index is 0.0141. The predicted octanol–water partition coefficient (Wildman–Crippen LogP) is 3.79. The Morgan fingerprint density at radius 3 is 2.44 bits per heavy atom. The third-order valence-corrected chi connectivity index (χ3v) is 3.12. The molecular formula is C14H22O2. The molecule has 1 aromatic rings. The van der Waals surface area contributed by atoms with Crippen molar-refractivity contribution < 1.29 is 9.84 Å². The third-order valence-electron chi connectivity index (χ3n) is 3.12. The van der Waals surface area contributed by atoms with Crippen molar-refractivity contribution in [2.75, 3.05) is 7.11 Å². The van der Waals surface area contributed by atoms with E-state index in [4.69, 9.17) is 4.74 Å². The lowest BCUT2D eigenvalue weighted by Crippen LogP contribution is -2.17. The Kier molecular flexibility index (Phi) is 3.84. The molecular weight excluding hydrogens is 200 g/mol. The van der Waals surface area contributed by atoms with Gasteiger partial charge in [0.2, 0.25) is 0 Å². The number of hydrogen-bond donors (Lipinski definition) is 1. The van der Waals surface area contributed by atoms with Gasteiger partial charge in [-0.15, -0.1) is 0 Å². The van der Waals surface area contributed by atoms with Gasteiger partial charge in [0.05, 0.1) is 7.11 Å². The van der Waals surface area contributed by atoms with Crippen molar-refractivity contribution in [3.63, 3.8) is 0 Å². The minimum atomic E-state index is -0.0141. The second-order valence-electron chi connectivity index (χ2n) is 4.97. The van der Waals surface area contributed by atoms with Crippen LogP contribution in [0, 0.1) is 6.92 Å². The monoisotopic (exact) mass is 222 g/mol. The van der Waals surface area contributed by atoms with Gasteiger partial charge in [0, 0.05) is 5.56 Å². The lowest BCUT2D eigenvalue weighted by atomic mass is 9.80. The molecule has 1 aromatic carbocycles. The highest BCUT2D eigenvalue weighted by Crippen LogP contribution is 2.38. The van der Waals surface area contributed by atoms with Crippen molar-refractivity contribution in [3.8, 4) is 11.5 Å². The highest BCUT2D eigenvalue weighted by molar-refractivity contribution is 5.48. The van der Waals surface area contributed by atoms with Crippen molar-refractivity contribution in [1.29, 1.82) is 0 Å². The number of hydrogen-bond acceptors (Lipinski definition) is 2. The van der Waals surface area contributed by atoms with Crippen LogP contribution >= 0.6 is 0 Å². The number of aromatic hydroxyl groups is 1. The van der Waals surface area contributed by atoms with Crippen LogP contribution in [0.5, 0.6) is 11.5 Å². The van der Waals surface area contributed by atoms with Crippen LogP contribution in [0.2, 0.25) is 0 Å². The number of aryl methyl sites for hydroxylation is 1. The van der Waals surface area contributed by atoms with E-state index in [1.807, 2.05) is 13.0 Å². The quantitative estimate of drug-likeness (QED) is 0.840. The summed E-state index contributed by atoms with van der Waals surface area (Å²) < 4.78 is 5.30. The van der Waals surface area contributed by atoms with Crippen LogP contribution in [0.1, 0.15) is 44.7 Å². The highest BCUT2D eigenvalue weighted by Gasteiger charge is 2.24. The summed E-state index contributed by atoms with van der Waals surface area (Å²) >= 11 is 0. The molecule has 0 saturated carbocycles. The molecule has 0 aliphatic heterocycles. The van der Waals surface area contributed by atoms with E-state index in [0.717, 1.165) is 29.7 Å². The smallest absolute Gasteiger partial charge is 0.122 e. The van der Waals surface area contributed by atoms with Crippen molar-refractivity contribution >= 4 is 0 Å². The summed E-state index contributed by atoms with van der Waals surface area (Å²) in [6.45, 7) is 8.40. The van der Waals surface area contributed by atoms with E-state index in [9.17, 15) is 5.11 Å². The topological polar surface area (TPSA) is 29.5 Å². The van der Waals surface area contributed by atoms with E-state index in [1.165, 1.54) is 0 Å². The molecule has 16 heavy (non-hydrogen) atoms. The summed E-state index contributed by atoms with van der Waals surface area (Å²) in [7, 11) is 1.66. The molecule has 0 aliphatic rings. The molecule has 0 heterocycles. The average Bonchev–Trinajstić information content (AvgIpc) is 2.17. The maximum Gasteiger partial charge on any atom is 0.122 e. The number of benzene rings is 1. The summed E-state index contributed by atoms with van der Waals surface area (Å²) in [6, 6.07) is 3.74. The number of phenolic OH excluding ortho intramolecular Hbond substituents is 1. The predicted molar refractivity (Wildman–Crippen MR) is 67.3 cm³/mol. The van der Waals surface area contributed by atoms with E-state index in [-0.39, 0.29) is 5.41 Å². The van der Waals surface area contributed by atoms with Gasteiger partial charge >= 0.3 is 0 Å². The normalized spacial score (nSPS) is 11.6. The number of methoxy groups -OCH3 is 1. The van der Waals surface area contributed by atoms with Crippen molar-refractivity contribution in [2.45, 2.75) is 46.0 Å². The van der Waals surface area contributed by atoms with Crippen molar-refractivity contribution in [3.05, 3.63) is 23.3 Å². The zero-order valence-corrected chi connectivity index (χ0v) is 10.9. The van der Waals surface area contributed by atoms with Gasteiger partial charge in [-0.2, -0.15) is 0 Å². The van der Waals surface area contributed by atoms with Gasteiger partial charge < -0.3 is 9.84 Å². The Labute approximate surface area is 98.3 Å². The van der Waals surface area contributed by atoms with Gasteiger partial charge in [-0.1, -0.05) is 27.2 Å². The summed E-state index contributed by atoms with van der Waals surface area (Å²) in [5.41, 5.74) is 1.92. The molecule has 2 nitrogen and oxygen atoms in total. The lowest BCUT2D eigenvalue weighted by Gasteiger charge is -2.26. The summed E-state index contributed by atoms with van der Waals surface area (Å²) in [6.07, 6.45) is 2.15. The van der Waals surface area contributed by atoms with E-state index >= 15 is 0 Å². The van der Waals surface area contributed by atoms with E-state index in [1.54, 1.807) is 13.2 Å². The van der Waals surface area contributed by atoms with Gasteiger partial charge in [0.15, 0.2) is 0 Å². The Hall–Kier alpha value is -1.18. The summed E-state index contributed by atoms with van der Waals surface area (Å²) in [5.74, 6) is 1.22. The molecule has 0 unspecified atom stereocenters. The van der Waals surface area contributed by atoms with Crippen LogP contribution in [0.25, 0.3) is 0 Å². The fourth-order valence-electron chi connectivity index (χ4n) is 2.19. The maximum absolute atomic E-state index is 10.0. The molecule has 1 N–H and O–H groups in total. The number of rotatable bonds is 4. The summed E-state index contributed by atoms with van der Waals surface area (Å²) in [4.78, 5) is 0. The Balaban J connectivity index is 3.22. The summed E-state index contributed by atoms with van der Waals surface area (Å²) in [5, 5.41) is 10.0. The molecule has 0 saturated heterocycles. The van der Waals surface area contributed by atoms with Gasteiger partial charge in [-0.25, -0.2) is 0 Å². The highest BCUT2D eigenvalue weighted by atomic mass is 16.5. The first-order valence-electron chi connectivity index (χ1n) is 5.80. The van der Waals surface area contributed by atoms with Gasteiger partial charge in [0.25, 0.3) is 0 Å². The first kappa shape index (κ1) is 12.9. The molecule has 0 aliphatic carbocycles. The first-order chi connectivity index (χ1) is 7.42. The van der Waals surface area contributed by atoms with Crippen LogP contribution in [0.4, 0.5) is 0 Å². The standard InChI is InChI=1S/C14H22O2/c1-6-7-14(3,4)11-9-13(16-5)10(2)8-12(11)15/h8-9,15H,6-7H2,1-5H3. The lowest BCUT2D eigenvalue weighted by molar-refractivity contribution is 0.393. The van der Waals surface area contributed by atoms with Gasteiger partial charge in [-0.3, -0.25) is 0 Å². The van der Waals surface area contributed by atoms with E-state index in [2.05, 4.69) is 20.8 Å². The molecule has 0 spiro atoms. The SMILES string of the molecule is CCCC(C)(C)c1cc(OC)c(C)cc1O. The number of phenols is 1. The second kappa shape index (κ2) is 4.77. The van der Waals surface area contributed by atoms with E-state index < -0.39 is 0 Å². The zero-order valence-electron chi connectivity index (χ0n) is 10.9. The van der Waals surface area contributed by atoms with Crippen LogP contribution in [0.15, 0.2) is 12.1 Å². The molecule has 1 rings (SSSR count). The minimum Gasteiger partial charge on any atom is -0.508 e. The third kappa shape index (κ3) is 2.49. The van der Waals surface area contributed by atoms with Crippen LogP contribution in [0.3, 0.4) is 0 Å². The largest absolute Gasteiger partial charge is 0.508 e. The van der Waals surface area contributed by atoms with Crippen molar-refractivity contribution in [1.82, 2.24) is 0 Å².